The van der Waals surface area contributed by atoms with Crippen LogP contribution in [0.4, 0.5) is 0 Å². The van der Waals surface area contributed by atoms with E-state index in [-0.39, 0.29) is 0 Å². The van der Waals surface area contributed by atoms with Gasteiger partial charge in [-0.1, -0.05) is 194 Å². The minimum absolute atomic E-state index is 1.18. The number of rotatable bonds is 6. The zero-order valence-electron chi connectivity index (χ0n) is 41.3. The molecule has 0 spiro atoms. The van der Waals surface area contributed by atoms with Crippen molar-refractivity contribution < 1.29 is 0 Å². The van der Waals surface area contributed by atoms with Gasteiger partial charge < -0.3 is 9.13 Å². The minimum Gasteiger partial charge on any atom is -0.309 e. The van der Waals surface area contributed by atoms with Gasteiger partial charge in [-0.15, -0.1) is 22.7 Å². The van der Waals surface area contributed by atoms with Gasteiger partial charge in [0.05, 0.1) is 22.1 Å². The average molecular weight is 1000 g/mol. The molecule has 0 N–H and O–H groups in total. The molecule has 4 heteroatoms. The van der Waals surface area contributed by atoms with Crippen molar-refractivity contribution >= 4 is 107 Å². The predicted octanol–water partition coefficient (Wildman–Crippen LogP) is 21.0. The van der Waals surface area contributed by atoms with Crippen molar-refractivity contribution in [2.75, 3.05) is 0 Å². The van der Waals surface area contributed by atoms with Gasteiger partial charge in [0.2, 0.25) is 0 Å². The molecule has 0 bridgehead atoms. The van der Waals surface area contributed by atoms with Crippen LogP contribution < -0.4 is 0 Å². The Balaban J connectivity index is 0.000000133. The largest absolute Gasteiger partial charge is 0.309 e. The Morgan fingerprint density at radius 3 is 1.09 bits per heavy atom. The molecule has 2 nitrogen and oxygen atoms in total. The van der Waals surface area contributed by atoms with Crippen LogP contribution in [0, 0.1) is 0 Å². The van der Waals surface area contributed by atoms with E-state index in [9.17, 15) is 0 Å². The SMILES string of the molecule is c1cc(-c2cccc(-n3c4ccccc4c4ccccc43)c2)cc(-c2ccc3sc4ccccc4c3c2)c1.c1cc(-c2cccc(-n3c4ccccc4c4ccccc43)c2)cc(-c2cccc3c2sc2ccccc23)c1. The monoisotopic (exact) mass is 1000 g/mol. The van der Waals surface area contributed by atoms with Gasteiger partial charge in [-0.25, -0.2) is 0 Å². The summed E-state index contributed by atoms with van der Waals surface area (Å²) in [5.74, 6) is 0. The van der Waals surface area contributed by atoms with E-state index in [1.165, 1.54) is 140 Å². The van der Waals surface area contributed by atoms with E-state index in [4.69, 9.17) is 0 Å². The highest BCUT2D eigenvalue weighted by molar-refractivity contribution is 7.26. The Hall–Kier alpha value is -9.32. The second-order valence-corrected chi connectivity index (χ2v) is 21.7. The molecule has 0 fully saturated rings. The lowest BCUT2D eigenvalue weighted by Crippen LogP contribution is -1.94. The average Bonchev–Trinajstić information content (AvgIpc) is 4.26. The second-order valence-electron chi connectivity index (χ2n) is 19.6. The van der Waals surface area contributed by atoms with Gasteiger partial charge in [0, 0.05) is 73.3 Å². The molecule has 0 saturated carbocycles. The standard InChI is InChI=1S/2C36H23NS/c1-4-19-33-29(14-1)30-15-2-5-20-34(30)37(33)27-13-8-11-25(23-27)24-10-7-12-26(22-24)28-17-9-18-32-31-16-3-6-21-35(31)38-36(28)32;1-4-16-33-29(13-1)30-14-2-5-17-34(30)37(33)28-12-8-11-26(22-28)24-9-7-10-25(21-24)27-19-20-36-32(23-27)31-15-3-6-18-35(31)38-36/h2*1-23H. The molecule has 4 aromatic heterocycles. The van der Waals surface area contributed by atoms with Crippen LogP contribution in [-0.2, 0) is 0 Å². The van der Waals surface area contributed by atoms with Crippen LogP contribution in [0.1, 0.15) is 0 Å². The summed E-state index contributed by atoms with van der Waals surface area (Å²) in [6, 6.07) is 101. The predicted molar refractivity (Wildman–Crippen MR) is 329 cm³/mol. The summed E-state index contributed by atoms with van der Waals surface area (Å²) in [7, 11) is 0. The Morgan fingerprint density at radius 1 is 0.211 bits per heavy atom. The second kappa shape index (κ2) is 18.3. The van der Waals surface area contributed by atoms with Crippen molar-refractivity contribution in [1.82, 2.24) is 9.13 Å². The molecular formula is C72H46N2S2. The lowest BCUT2D eigenvalue weighted by Gasteiger charge is -2.11. The van der Waals surface area contributed by atoms with Gasteiger partial charge in [-0.2, -0.15) is 0 Å². The van der Waals surface area contributed by atoms with E-state index in [0.717, 1.165) is 0 Å². The molecule has 0 amide bonds. The first-order valence-corrected chi connectivity index (χ1v) is 27.5. The molecule has 0 aliphatic carbocycles. The van der Waals surface area contributed by atoms with E-state index in [1.807, 2.05) is 22.7 Å². The molecule has 16 rings (SSSR count). The fourth-order valence-electron chi connectivity index (χ4n) is 11.7. The molecule has 0 atom stereocenters. The van der Waals surface area contributed by atoms with Crippen molar-refractivity contribution in [2.45, 2.75) is 0 Å². The number of nitrogens with zero attached hydrogens (tertiary/aromatic N) is 2. The Labute approximate surface area is 447 Å². The molecule has 0 unspecified atom stereocenters. The van der Waals surface area contributed by atoms with Gasteiger partial charge in [-0.3, -0.25) is 0 Å². The summed E-state index contributed by atoms with van der Waals surface area (Å²) in [6.45, 7) is 0. The summed E-state index contributed by atoms with van der Waals surface area (Å²) < 4.78 is 10.1. The molecule has 0 saturated heterocycles. The van der Waals surface area contributed by atoms with Gasteiger partial charge in [0.25, 0.3) is 0 Å². The summed E-state index contributed by atoms with van der Waals surface area (Å²) >= 11 is 3.75. The Kier molecular flexibility index (Phi) is 10.6. The van der Waals surface area contributed by atoms with Crippen LogP contribution in [0.5, 0.6) is 0 Å². The lowest BCUT2D eigenvalue weighted by atomic mass is 9.97. The van der Waals surface area contributed by atoms with Crippen LogP contribution in [-0.4, -0.2) is 9.13 Å². The third-order valence-electron chi connectivity index (χ3n) is 15.2. The van der Waals surface area contributed by atoms with Crippen molar-refractivity contribution in [1.29, 1.82) is 0 Å². The number of aromatic nitrogens is 2. The number of benzene rings is 12. The summed E-state index contributed by atoms with van der Waals surface area (Å²) in [4.78, 5) is 0. The minimum atomic E-state index is 1.18. The zero-order valence-corrected chi connectivity index (χ0v) is 42.9. The molecule has 76 heavy (non-hydrogen) atoms. The van der Waals surface area contributed by atoms with Crippen LogP contribution in [0.25, 0.3) is 140 Å². The first kappa shape index (κ1) is 44.2. The van der Waals surface area contributed by atoms with Crippen LogP contribution in [0.3, 0.4) is 0 Å². The van der Waals surface area contributed by atoms with Crippen molar-refractivity contribution in [3.05, 3.63) is 279 Å². The van der Waals surface area contributed by atoms with Crippen molar-refractivity contribution in [3.8, 4) is 55.9 Å². The molecule has 356 valence electrons. The maximum absolute atomic E-state index is 2.38. The van der Waals surface area contributed by atoms with Crippen LogP contribution >= 0.6 is 22.7 Å². The van der Waals surface area contributed by atoms with E-state index >= 15 is 0 Å². The molecule has 0 radical (unpaired) electrons. The third-order valence-corrected chi connectivity index (χ3v) is 17.6. The fourth-order valence-corrected chi connectivity index (χ4v) is 14.0. The third kappa shape index (κ3) is 7.45. The number of fused-ring (bicyclic) bond motifs is 12. The quantitative estimate of drug-likeness (QED) is 0.157. The van der Waals surface area contributed by atoms with Gasteiger partial charge in [0.1, 0.15) is 0 Å². The van der Waals surface area contributed by atoms with E-state index < -0.39 is 0 Å². The highest BCUT2D eigenvalue weighted by Gasteiger charge is 2.16. The molecule has 0 aliphatic heterocycles. The Morgan fingerprint density at radius 2 is 0.566 bits per heavy atom. The first-order valence-electron chi connectivity index (χ1n) is 25.9. The maximum atomic E-state index is 2.38. The highest BCUT2D eigenvalue weighted by atomic mass is 32.1. The van der Waals surface area contributed by atoms with E-state index in [0.29, 0.717) is 0 Å². The smallest absolute Gasteiger partial charge is 0.0541 e. The summed E-state index contributed by atoms with van der Waals surface area (Å²) in [5, 5.41) is 10.5. The number of hydrogen-bond donors (Lipinski definition) is 0. The van der Waals surface area contributed by atoms with Crippen molar-refractivity contribution in [2.24, 2.45) is 0 Å². The van der Waals surface area contributed by atoms with Crippen molar-refractivity contribution in [3.63, 3.8) is 0 Å². The Bertz CT molecular complexity index is 4790. The van der Waals surface area contributed by atoms with Gasteiger partial charge >= 0.3 is 0 Å². The lowest BCUT2D eigenvalue weighted by molar-refractivity contribution is 1.18. The zero-order chi connectivity index (χ0) is 50.1. The maximum Gasteiger partial charge on any atom is 0.0541 e. The molecule has 16 aromatic rings. The number of para-hydroxylation sites is 4. The van der Waals surface area contributed by atoms with E-state index in [1.54, 1.807) is 0 Å². The molecule has 12 aromatic carbocycles. The fraction of sp³-hybridized carbons (Fsp3) is 0. The number of thiophene rings is 2. The van der Waals surface area contributed by atoms with Crippen LogP contribution in [0.2, 0.25) is 0 Å². The number of hydrogen-bond acceptors (Lipinski definition) is 2. The van der Waals surface area contributed by atoms with Gasteiger partial charge in [-0.05, 0) is 129 Å². The topological polar surface area (TPSA) is 9.86 Å². The summed E-state index contributed by atoms with van der Waals surface area (Å²) in [5.41, 5.74) is 17.2. The summed E-state index contributed by atoms with van der Waals surface area (Å²) in [6.07, 6.45) is 0. The molecular weight excluding hydrogens is 957 g/mol. The normalized spacial score (nSPS) is 11.7. The van der Waals surface area contributed by atoms with E-state index in [2.05, 4.69) is 288 Å². The first-order chi connectivity index (χ1) is 37.7. The molecule has 4 heterocycles. The van der Waals surface area contributed by atoms with Gasteiger partial charge in [0.15, 0.2) is 0 Å². The molecule has 0 aliphatic rings. The van der Waals surface area contributed by atoms with Crippen LogP contribution in [0.15, 0.2) is 279 Å². The highest BCUT2D eigenvalue weighted by Crippen LogP contribution is 2.42.